The molecule has 19 heavy (non-hydrogen) atoms. The number of aromatic nitrogens is 3. The third-order valence-electron chi connectivity index (χ3n) is 3.65. The van der Waals surface area contributed by atoms with Crippen LogP contribution in [0, 0.1) is 17.2 Å². The van der Waals surface area contributed by atoms with Crippen LogP contribution in [0.3, 0.4) is 0 Å². The highest BCUT2D eigenvalue weighted by atomic mass is 15.2. The second kappa shape index (κ2) is 6.33. The van der Waals surface area contributed by atoms with Crippen molar-refractivity contribution in [2.45, 2.75) is 45.4 Å². The monoisotopic (exact) mass is 256 g/mol. The lowest BCUT2D eigenvalue weighted by Gasteiger charge is -2.24. The zero-order valence-corrected chi connectivity index (χ0v) is 11.6. The Balaban J connectivity index is 0.000000637. The normalized spacial score (nSPS) is 22.4. The van der Waals surface area contributed by atoms with Gasteiger partial charge in [0, 0.05) is 24.2 Å². The smallest absolute Gasteiger partial charge is 0.0879 e. The fraction of sp³-hybridized carbons (Fsp3) is 0.533. The fourth-order valence-electron chi connectivity index (χ4n) is 2.69. The van der Waals surface area contributed by atoms with Crippen LogP contribution in [0.4, 0.5) is 0 Å². The molecule has 2 heterocycles. The highest BCUT2D eigenvalue weighted by Crippen LogP contribution is 2.35. The van der Waals surface area contributed by atoms with Crippen LogP contribution in [0.5, 0.6) is 0 Å². The molecule has 0 saturated heterocycles. The number of fused-ring (bicyclic) bond motifs is 1. The van der Waals surface area contributed by atoms with Crippen molar-refractivity contribution in [2.24, 2.45) is 5.92 Å². The third kappa shape index (κ3) is 2.76. The lowest BCUT2D eigenvalue weighted by molar-refractivity contribution is 0.378. The third-order valence-corrected chi connectivity index (χ3v) is 3.65. The Kier molecular flexibility index (Phi) is 4.51. The summed E-state index contributed by atoms with van der Waals surface area (Å²) >= 11 is 0. The molecule has 2 aromatic rings. The van der Waals surface area contributed by atoms with E-state index in [-0.39, 0.29) is 5.92 Å². The van der Waals surface area contributed by atoms with Crippen LogP contribution in [0.25, 0.3) is 5.52 Å². The number of nitrogens with zero attached hydrogens (tertiary/aromatic N) is 4. The number of nitriles is 1. The van der Waals surface area contributed by atoms with Gasteiger partial charge in [0.15, 0.2) is 0 Å². The van der Waals surface area contributed by atoms with E-state index < -0.39 is 0 Å². The van der Waals surface area contributed by atoms with Gasteiger partial charge in [-0.1, -0.05) is 13.8 Å². The summed E-state index contributed by atoms with van der Waals surface area (Å²) < 4.78 is 1.87. The Morgan fingerprint density at radius 3 is 2.63 bits per heavy atom. The maximum atomic E-state index is 8.91. The molecule has 0 N–H and O–H groups in total. The summed E-state index contributed by atoms with van der Waals surface area (Å²) in [6.07, 6.45) is 9.62. The summed E-state index contributed by atoms with van der Waals surface area (Å²) in [5.74, 6) is 0.732. The highest BCUT2D eigenvalue weighted by molar-refractivity contribution is 5.51. The van der Waals surface area contributed by atoms with Crippen molar-refractivity contribution >= 4 is 5.52 Å². The molecule has 0 spiro atoms. The minimum absolute atomic E-state index is 0.246. The molecule has 3 rings (SSSR count). The van der Waals surface area contributed by atoms with Crippen LogP contribution in [0.2, 0.25) is 0 Å². The van der Waals surface area contributed by atoms with Gasteiger partial charge in [0.1, 0.15) is 0 Å². The molecule has 0 unspecified atom stereocenters. The van der Waals surface area contributed by atoms with E-state index in [4.69, 9.17) is 5.26 Å². The van der Waals surface area contributed by atoms with Gasteiger partial charge >= 0.3 is 0 Å². The minimum Gasteiger partial charge on any atom is -0.257 e. The molecule has 0 atom stereocenters. The number of hydrogen-bond acceptors (Lipinski definition) is 3. The van der Waals surface area contributed by atoms with Gasteiger partial charge in [-0.2, -0.15) is 10.4 Å². The second-order valence-corrected chi connectivity index (χ2v) is 4.65. The largest absolute Gasteiger partial charge is 0.257 e. The molecule has 4 nitrogen and oxygen atoms in total. The van der Waals surface area contributed by atoms with E-state index in [2.05, 4.69) is 16.2 Å². The summed E-state index contributed by atoms with van der Waals surface area (Å²) in [5.41, 5.74) is 2.24. The maximum absolute atomic E-state index is 8.91. The predicted molar refractivity (Wildman–Crippen MR) is 74.6 cm³/mol. The summed E-state index contributed by atoms with van der Waals surface area (Å²) in [6.45, 7) is 4.00. The molecule has 0 amide bonds. The van der Waals surface area contributed by atoms with E-state index in [9.17, 15) is 0 Å². The molecule has 100 valence electrons. The Morgan fingerprint density at radius 1 is 1.21 bits per heavy atom. The first-order chi connectivity index (χ1) is 9.38. The van der Waals surface area contributed by atoms with Gasteiger partial charge in [-0.15, -0.1) is 0 Å². The van der Waals surface area contributed by atoms with E-state index in [0.717, 1.165) is 36.9 Å². The molecule has 1 saturated carbocycles. The van der Waals surface area contributed by atoms with E-state index >= 15 is 0 Å². The van der Waals surface area contributed by atoms with Crippen LogP contribution >= 0.6 is 0 Å². The van der Waals surface area contributed by atoms with Crippen molar-refractivity contribution in [3.63, 3.8) is 0 Å². The first-order valence-electron chi connectivity index (χ1n) is 7.06. The van der Waals surface area contributed by atoms with Gasteiger partial charge in [-0.25, -0.2) is 4.52 Å². The Bertz CT molecular complexity index is 559. The molecule has 0 aromatic carbocycles. The quantitative estimate of drug-likeness (QED) is 0.784. The van der Waals surface area contributed by atoms with Crippen molar-refractivity contribution in [1.82, 2.24) is 14.6 Å². The van der Waals surface area contributed by atoms with Gasteiger partial charge in [-0.05, 0) is 31.7 Å². The number of rotatable bonds is 1. The SMILES string of the molecule is CC.N#CC1CCC(c2nccn3nccc23)CC1. The van der Waals surface area contributed by atoms with Gasteiger partial charge in [0.05, 0.1) is 23.5 Å². The van der Waals surface area contributed by atoms with E-state index in [1.165, 1.54) is 0 Å². The van der Waals surface area contributed by atoms with Crippen molar-refractivity contribution < 1.29 is 0 Å². The van der Waals surface area contributed by atoms with E-state index in [1.54, 1.807) is 6.20 Å². The van der Waals surface area contributed by atoms with Crippen LogP contribution in [0.15, 0.2) is 24.7 Å². The molecule has 4 heteroatoms. The fourth-order valence-corrected chi connectivity index (χ4v) is 2.69. The zero-order valence-electron chi connectivity index (χ0n) is 11.6. The topological polar surface area (TPSA) is 54.0 Å². The Morgan fingerprint density at radius 2 is 1.95 bits per heavy atom. The van der Waals surface area contributed by atoms with Gasteiger partial charge in [-0.3, -0.25) is 4.98 Å². The predicted octanol–water partition coefficient (Wildman–Crippen LogP) is 3.55. The summed E-state index contributed by atoms with van der Waals surface area (Å²) in [4.78, 5) is 4.51. The minimum atomic E-state index is 0.246. The van der Waals surface area contributed by atoms with E-state index in [1.807, 2.05) is 36.8 Å². The first kappa shape index (κ1) is 13.5. The number of hydrogen-bond donors (Lipinski definition) is 0. The van der Waals surface area contributed by atoms with E-state index in [0.29, 0.717) is 5.92 Å². The standard InChI is InChI=1S/C13H14N4.C2H6/c14-9-10-1-3-11(4-2-10)13-12-5-6-16-17(12)8-7-15-13;1-2/h5-8,10-11H,1-4H2;1-2H3. The molecule has 1 aliphatic carbocycles. The summed E-state index contributed by atoms with van der Waals surface area (Å²) in [6, 6.07) is 4.38. The van der Waals surface area contributed by atoms with Crippen LogP contribution < -0.4 is 0 Å². The Labute approximate surface area is 114 Å². The second-order valence-electron chi connectivity index (χ2n) is 4.65. The zero-order chi connectivity index (χ0) is 13.7. The molecule has 0 radical (unpaired) electrons. The average molecular weight is 256 g/mol. The van der Waals surface area contributed by atoms with Gasteiger partial charge in [0.2, 0.25) is 0 Å². The van der Waals surface area contributed by atoms with Gasteiger partial charge < -0.3 is 0 Å². The molecular weight excluding hydrogens is 236 g/mol. The van der Waals surface area contributed by atoms with Gasteiger partial charge in [0.25, 0.3) is 0 Å². The lowest BCUT2D eigenvalue weighted by atomic mass is 9.81. The molecular formula is C15H20N4. The summed E-state index contributed by atoms with van der Waals surface area (Å²) in [5, 5.41) is 13.1. The molecule has 2 aromatic heterocycles. The molecule has 1 fully saturated rings. The molecule has 0 aliphatic heterocycles. The lowest BCUT2D eigenvalue weighted by Crippen LogP contribution is -2.13. The van der Waals surface area contributed by atoms with Crippen molar-refractivity contribution in [1.29, 1.82) is 5.26 Å². The Hall–Kier alpha value is -1.89. The maximum Gasteiger partial charge on any atom is 0.0879 e. The van der Waals surface area contributed by atoms with Crippen LogP contribution in [-0.2, 0) is 0 Å². The first-order valence-corrected chi connectivity index (χ1v) is 7.06. The summed E-state index contributed by atoms with van der Waals surface area (Å²) in [7, 11) is 0. The van der Waals surface area contributed by atoms with Crippen molar-refractivity contribution in [3.8, 4) is 6.07 Å². The van der Waals surface area contributed by atoms with Crippen LogP contribution in [-0.4, -0.2) is 14.6 Å². The highest BCUT2D eigenvalue weighted by Gasteiger charge is 2.24. The average Bonchev–Trinajstić information content (AvgIpc) is 2.98. The van der Waals surface area contributed by atoms with Crippen molar-refractivity contribution in [2.75, 3.05) is 0 Å². The molecule has 1 aliphatic rings. The van der Waals surface area contributed by atoms with Crippen molar-refractivity contribution in [3.05, 3.63) is 30.4 Å². The van der Waals surface area contributed by atoms with Crippen LogP contribution in [0.1, 0.15) is 51.1 Å². The molecule has 0 bridgehead atoms.